The van der Waals surface area contributed by atoms with Crippen LogP contribution < -0.4 is 4.72 Å². The van der Waals surface area contributed by atoms with Gasteiger partial charge in [-0.15, -0.1) is 0 Å². The van der Waals surface area contributed by atoms with E-state index in [2.05, 4.69) is 4.72 Å². The molecule has 0 aromatic carbocycles. The summed E-state index contributed by atoms with van der Waals surface area (Å²) in [6.07, 6.45) is 0. The third-order valence-corrected chi connectivity index (χ3v) is 4.12. The number of rotatable bonds is 6. The van der Waals surface area contributed by atoms with E-state index >= 15 is 0 Å². The number of aromatic carboxylic acids is 1. The molecule has 0 saturated carbocycles. The van der Waals surface area contributed by atoms with Crippen LogP contribution in [0, 0.1) is 6.92 Å². The van der Waals surface area contributed by atoms with Crippen LogP contribution in [-0.2, 0) is 14.8 Å². The Bertz CT molecular complexity index is 572. The normalized spacial score (nSPS) is 12.6. The van der Waals surface area contributed by atoms with E-state index in [0.717, 1.165) is 6.07 Å². The standard InChI is InChI=1S/C11H17NO6S/c1-7-9(5-8(18-7)10(13)14)19(15,16)12-6-11(2,3)17-4/h5,12H,6H2,1-4H3,(H,13,14). The Hall–Kier alpha value is -1.38. The van der Waals surface area contributed by atoms with Crippen molar-refractivity contribution in [1.82, 2.24) is 4.72 Å². The number of furan rings is 1. The van der Waals surface area contributed by atoms with Crippen molar-refractivity contribution in [3.05, 3.63) is 17.6 Å². The second-order valence-electron chi connectivity index (χ2n) is 4.62. The van der Waals surface area contributed by atoms with Crippen LogP contribution in [0.3, 0.4) is 0 Å². The molecule has 0 radical (unpaired) electrons. The maximum atomic E-state index is 12.0. The van der Waals surface area contributed by atoms with Crippen LogP contribution in [0.4, 0.5) is 0 Å². The average molecular weight is 291 g/mol. The third-order valence-electron chi connectivity index (χ3n) is 2.61. The molecule has 2 N–H and O–H groups in total. The number of sulfonamides is 1. The molecule has 0 aliphatic heterocycles. The van der Waals surface area contributed by atoms with E-state index in [1.165, 1.54) is 14.0 Å². The van der Waals surface area contributed by atoms with Crippen LogP contribution in [0.25, 0.3) is 0 Å². The predicted octanol–water partition coefficient (Wildman–Crippen LogP) is 0.990. The first-order chi connectivity index (χ1) is 8.59. The second kappa shape index (κ2) is 5.32. The van der Waals surface area contributed by atoms with Crippen molar-refractivity contribution in [2.45, 2.75) is 31.3 Å². The Morgan fingerprint density at radius 2 is 2.11 bits per heavy atom. The number of carbonyl (C=O) groups is 1. The number of methoxy groups -OCH3 is 1. The van der Waals surface area contributed by atoms with Gasteiger partial charge in [0.05, 0.1) is 5.60 Å². The highest BCUT2D eigenvalue weighted by Gasteiger charge is 2.26. The lowest BCUT2D eigenvalue weighted by molar-refractivity contribution is 0.0276. The molecule has 0 unspecified atom stereocenters. The SMILES string of the molecule is COC(C)(C)CNS(=O)(=O)c1cc(C(=O)O)oc1C. The summed E-state index contributed by atoms with van der Waals surface area (Å²) in [7, 11) is -2.36. The summed E-state index contributed by atoms with van der Waals surface area (Å²) in [5, 5.41) is 8.76. The lowest BCUT2D eigenvalue weighted by atomic mass is 10.1. The van der Waals surface area contributed by atoms with E-state index in [1.807, 2.05) is 0 Å². The molecule has 0 amide bonds. The van der Waals surface area contributed by atoms with Crippen molar-refractivity contribution in [1.29, 1.82) is 0 Å². The van der Waals surface area contributed by atoms with E-state index in [0.29, 0.717) is 0 Å². The lowest BCUT2D eigenvalue weighted by Gasteiger charge is -2.22. The van der Waals surface area contributed by atoms with Gasteiger partial charge in [-0.2, -0.15) is 0 Å². The van der Waals surface area contributed by atoms with Gasteiger partial charge in [-0.05, 0) is 20.8 Å². The second-order valence-corrected chi connectivity index (χ2v) is 6.36. The number of nitrogens with one attached hydrogen (secondary N) is 1. The van der Waals surface area contributed by atoms with Crippen LogP contribution in [0.5, 0.6) is 0 Å². The molecule has 1 aromatic heterocycles. The van der Waals surface area contributed by atoms with Crippen molar-refractivity contribution >= 4 is 16.0 Å². The van der Waals surface area contributed by atoms with Crippen molar-refractivity contribution in [2.24, 2.45) is 0 Å². The molecule has 0 aliphatic carbocycles. The van der Waals surface area contributed by atoms with Gasteiger partial charge in [-0.25, -0.2) is 17.9 Å². The highest BCUT2D eigenvalue weighted by Crippen LogP contribution is 2.20. The number of carboxylic acid groups (broad SMARTS) is 1. The minimum atomic E-state index is -3.83. The average Bonchev–Trinajstić information content (AvgIpc) is 2.70. The molecule has 0 spiro atoms. The van der Waals surface area contributed by atoms with Crippen molar-refractivity contribution in [3.63, 3.8) is 0 Å². The third kappa shape index (κ3) is 3.79. The smallest absolute Gasteiger partial charge is 0.371 e. The molecule has 19 heavy (non-hydrogen) atoms. The van der Waals surface area contributed by atoms with Crippen LogP contribution >= 0.6 is 0 Å². The summed E-state index contributed by atoms with van der Waals surface area (Å²) < 4.78 is 36.4. The summed E-state index contributed by atoms with van der Waals surface area (Å²) in [5.41, 5.74) is -0.666. The zero-order valence-corrected chi connectivity index (χ0v) is 12.0. The predicted molar refractivity (Wildman–Crippen MR) is 66.7 cm³/mol. The van der Waals surface area contributed by atoms with E-state index in [-0.39, 0.29) is 17.2 Å². The highest BCUT2D eigenvalue weighted by atomic mass is 32.2. The van der Waals surface area contributed by atoms with Crippen molar-refractivity contribution in [3.8, 4) is 0 Å². The number of ether oxygens (including phenoxy) is 1. The highest BCUT2D eigenvalue weighted by molar-refractivity contribution is 7.89. The maximum Gasteiger partial charge on any atom is 0.371 e. The number of carboxylic acids is 1. The van der Waals surface area contributed by atoms with E-state index < -0.39 is 27.4 Å². The monoisotopic (exact) mass is 291 g/mol. The van der Waals surface area contributed by atoms with Gasteiger partial charge in [0.1, 0.15) is 10.7 Å². The lowest BCUT2D eigenvalue weighted by Crippen LogP contribution is -2.39. The first kappa shape index (κ1) is 15.7. The fourth-order valence-electron chi connectivity index (χ4n) is 1.26. The quantitative estimate of drug-likeness (QED) is 0.809. The van der Waals surface area contributed by atoms with E-state index in [9.17, 15) is 13.2 Å². The van der Waals surface area contributed by atoms with E-state index in [1.54, 1.807) is 13.8 Å². The van der Waals surface area contributed by atoms with Crippen molar-refractivity contribution in [2.75, 3.05) is 13.7 Å². The topological polar surface area (TPSA) is 106 Å². The maximum absolute atomic E-state index is 12.0. The summed E-state index contributed by atoms with van der Waals surface area (Å²) in [5.74, 6) is -1.70. The van der Waals surface area contributed by atoms with Gasteiger partial charge in [-0.3, -0.25) is 0 Å². The Morgan fingerprint density at radius 3 is 2.53 bits per heavy atom. The van der Waals surface area contributed by atoms with Crippen LogP contribution in [0.2, 0.25) is 0 Å². The van der Waals surface area contributed by atoms with Gasteiger partial charge in [0.2, 0.25) is 15.8 Å². The molecule has 0 bridgehead atoms. The number of hydrogen-bond acceptors (Lipinski definition) is 5. The Morgan fingerprint density at radius 1 is 1.53 bits per heavy atom. The van der Waals surface area contributed by atoms with Gasteiger partial charge in [0.15, 0.2) is 0 Å². The molecule has 0 fully saturated rings. The molecule has 1 rings (SSSR count). The molecule has 0 saturated heterocycles. The summed E-state index contributed by atoms with van der Waals surface area (Å²) in [6, 6.07) is 0.986. The van der Waals surface area contributed by atoms with Gasteiger partial charge < -0.3 is 14.3 Å². The first-order valence-electron chi connectivity index (χ1n) is 5.47. The fraction of sp³-hybridized carbons (Fsp3) is 0.545. The summed E-state index contributed by atoms with van der Waals surface area (Å²) >= 11 is 0. The first-order valence-corrected chi connectivity index (χ1v) is 6.96. The minimum absolute atomic E-state index is 0.0279. The Labute approximate surface area is 111 Å². The van der Waals surface area contributed by atoms with Crippen molar-refractivity contribution < 1.29 is 27.5 Å². The van der Waals surface area contributed by atoms with Crippen LogP contribution in [-0.4, -0.2) is 38.7 Å². The molecule has 7 nitrogen and oxygen atoms in total. The zero-order valence-electron chi connectivity index (χ0n) is 11.2. The Kier molecular flexibility index (Phi) is 4.39. The van der Waals surface area contributed by atoms with Gasteiger partial charge >= 0.3 is 5.97 Å². The summed E-state index contributed by atoms with van der Waals surface area (Å²) in [6.45, 7) is 4.89. The van der Waals surface area contributed by atoms with Crippen LogP contribution in [0.1, 0.15) is 30.2 Å². The molecule has 1 heterocycles. The van der Waals surface area contributed by atoms with E-state index in [4.69, 9.17) is 14.3 Å². The molecule has 8 heteroatoms. The van der Waals surface area contributed by atoms with Gasteiger partial charge in [0.25, 0.3) is 0 Å². The molecule has 0 aliphatic rings. The largest absolute Gasteiger partial charge is 0.475 e. The Balaban J connectivity index is 2.98. The van der Waals surface area contributed by atoms with Crippen LogP contribution in [0.15, 0.2) is 15.4 Å². The molecule has 1 aromatic rings. The number of aryl methyl sites for hydroxylation is 1. The zero-order chi connectivity index (χ0) is 14.8. The molecular weight excluding hydrogens is 274 g/mol. The summed E-state index contributed by atoms with van der Waals surface area (Å²) in [4.78, 5) is 10.5. The fourth-order valence-corrected chi connectivity index (χ4v) is 2.63. The van der Waals surface area contributed by atoms with Gasteiger partial charge in [-0.1, -0.05) is 0 Å². The van der Waals surface area contributed by atoms with Gasteiger partial charge in [0, 0.05) is 19.7 Å². The minimum Gasteiger partial charge on any atom is -0.475 e. The molecule has 108 valence electrons. The number of hydrogen-bond donors (Lipinski definition) is 2. The molecule has 0 atom stereocenters. The molecular formula is C11H17NO6S.